The molecule has 0 aliphatic carbocycles. The minimum atomic E-state index is 0.639. The smallest absolute Gasteiger partial charge is 0.298 e. The number of benzene rings is 2. The number of oxazole rings is 1. The largest absolute Gasteiger partial charge is 0.423 e. The first-order chi connectivity index (χ1) is 13.7. The molecule has 5 aromatic rings. The van der Waals surface area contributed by atoms with Crippen LogP contribution in [-0.2, 0) is 20.1 Å². The van der Waals surface area contributed by atoms with Gasteiger partial charge in [-0.2, -0.15) is 10.1 Å². The molecular formula is C21H18N6O. The summed E-state index contributed by atoms with van der Waals surface area (Å²) in [5, 5.41) is 5.46. The molecule has 7 nitrogen and oxygen atoms in total. The summed E-state index contributed by atoms with van der Waals surface area (Å²) in [4.78, 5) is 11.2. The summed E-state index contributed by atoms with van der Waals surface area (Å²) in [6.07, 6.45) is 3.68. The number of hydrogen-bond donors (Lipinski definition) is 0. The zero-order valence-corrected chi connectivity index (χ0v) is 15.4. The number of fused-ring (bicyclic) bond motifs is 3. The molecule has 0 amide bonds. The van der Waals surface area contributed by atoms with Crippen LogP contribution in [0.25, 0.3) is 33.1 Å². The van der Waals surface area contributed by atoms with Crippen molar-refractivity contribution in [3.8, 4) is 11.1 Å². The monoisotopic (exact) mass is 370 g/mol. The summed E-state index contributed by atoms with van der Waals surface area (Å²) in [5.74, 6) is 0.936. The molecule has 7 heteroatoms. The number of rotatable bonds is 2. The highest BCUT2D eigenvalue weighted by atomic mass is 16.4. The molecule has 0 N–H and O–H groups in total. The average molecular weight is 370 g/mol. The van der Waals surface area contributed by atoms with E-state index >= 15 is 0 Å². The number of aromatic nitrogens is 5. The Balaban J connectivity index is 1.36. The van der Waals surface area contributed by atoms with Crippen LogP contribution in [0.15, 0.2) is 59.4 Å². The van der Waals surface area contributed by atoms with E-state index in [0.717, 1.165) is 35.6 Å². The minimum absolute atomic E-state index is 0.639. The number of hydrogen-bond acceptors (Lipinski definition) is 5. The van der Waals surface area contributed by atoms with Crippen LogP contribution in [0.5, 0.6) is 0 Å². The van der Waals surface area contributed by atoms with E-state index < -0.39 is 0 Å². The molecule has 138 valence electrons. The molecule has 0 saturated heterocycles. The topological polar surface area (TPSA) is 64.9 Å². The van der Waals surface area contributed by atoms with Crippen molar-refractivity contribution in [2.75, 3.05) is 11.4 Å². The normalized spacial score (nSPS) is 14.1. The van der Waals surface area contributed by atoms with Gasteiger partial charge in [0.15, 0.2) is 5.58 Å². The van der Waals surface area contributed by atoms with E-state index in [1.807, 2.05) is 10.7 Å². The molecule has 0 atom stereocenters. The standard InChI is InChI=1S/C21H18N6O/c1-25-7-6-16-10-14(2-4-18(16)25)15-3-5-19-17(11-15)24-21(28-19)26-8-9-27-20(12-26)22-13-23-27/h2-7,10-11,13H,8-9,12H2,1H3. The molecule has 0 saturated carbocycles. The lowest BCUT2D eigenvalue weighted by molar-refractivity contribution is 0.474. The van der Waals surface area contributed by atoms with Crippen molar-refractivity contribution in [3.05, 3.63) is 60.8 Å². The summed E-state index contributed by atoms with van der Waals surface area (Å²) in [5.41, 5.74) is 5.21. The van der Waals surface area contributed by atoms with Crippen LogP contribution in [-0.4, -0.2) is 30.9 Å². The van der Waals surface area contributed by atoms with E-state index in [0.29, 0.717) is 12.6 Å². The van der Waals surface area contributed by atoms with Gasteiger partial charge in [-0.15, -0.1) is 0 Å². The van der Waals surface area contributed by atoms with Crippen LogP contribution in [0.2, 0.25) is 0 Å². The summed E-state index contributed by atoms with van der Waals surface area (Å²) < 4.78 is 10.1. The van der Waals surface area contributed by atoms with Crippen molar-refractivity contribution < 1.29 is 4.42 Å². The highest BCUT2D eigenvalue weighted by Crippen LogP contribution is 2.30. The Morgan fingerprint density at radius 3 is 2.86 bits per heavy atom. The van der Waals surface area contributed by atoms with Crippen molar-refractivity contribution in [1.82, 2.24) is 24.3 Å². The Labute approximate surface area is 160 Å². The molecule has 1 aliphatic rings. The first kappa shape index (κ1) is 15.4. The zero-order valence-electron chi connectivity index (χ0n) is 15.4. The molecule has 0 bridgehead atoms. The van der Waals surface area contributed by atoms with Crippen molar-refractivity contribution in [3.63, 3.8) is 0 Å². The summed E-state index contributed by atoms with van der Waals surface area (Å²) >= 11 is 0. The molecule has 1 aliphatic heterocycles. The second kappa shape index (κ2) is 5.69. The van der Waals surface area contributed by atoms with Crippen molar-refractivity contribution in [2.24, 2.45) is 7.05 Å². The molecule has 0 radical (unpaired) electrons. The molecule has 4 heterocycles. The van der Waals surface area contributed by atoms with Gasteiger partial charge in [-0.25, -0.2) is 9.67 Å². The fourth-order valence-electron chi connectivity index (χ4n) is 3.92. The lowest BCUT2D eigenvalue weighted by Gasteiger charge is -2.24. The predicted molar refractivity (Wildman–Crippen MR) is 107 cm³/mol. The van der Waals surface area contributed by atoms with Crippen LogP contribution >= 0.6 is 0 Å². The van der Waals surface area contributed by atoms with Gasteiger partial charge in [0.1, 0.15) is 17.7 Å². The maximum absolute atomic E-state index is 6.02. The molecule has 6 rings (SSSR count). The molecule has 2 aromatic carbocycles. The predicted octanol–water partition coefficient (Wildman–Crippen LogP) is 3.60. The van der Waals surface area contributed by atoms with Crippen LogP contribution in [0.4, 0.5) is 6.01 Å². The van der Waals surface area contributed by atoms with Crippen LogP contribution in [0, 0.1) is 0 Å². The Morgan fingerprint density at radius 2 is 1.89 bits per heavy atom. The zero-order chi connectivity index (χ0) is 18.7. The van der Waals surface area contributed by atoms with E-state index in [1.165, 1.54) is 16.5 Å². The maximum atomic E-state index is 6.02. The second-order valence-electron chi connectivity index (χ2n) is 7.20. The van der Waals surface area contributed by atoms with E-state index in [2.05, 4.69) is 69.2 Å². The highest BCUT2D eigenvalue weighted by molar-refractivity contribution is 5.88. The quantitative estimate of drug-likeness (QED) is 0.475. The van der Waals surface area contributed by atoms with Gasteiger partial charge in [0.05, 0.1) is 13.1 Å². The van der Waals surface area contributed by atoms with Crippen LogP contribution in [0.1, 0.15) is 5.82 Å². The van der Waals surface area contributed by atoms with Gasteiger partial charge in [0.25, 0.3) is 6.01 Å². The molecule has 0 spiro atoms. The molecule has 0 fully saturated rings. The van der Waals surface area contributed by atoms with Crippen molar-refractivity contribution in [1.29, 1.82) is 0 Å². The molecule has 3 aromatic heterocycles. The van der Waals surface area contributed by atoms with E-state index in [4.69, 9.17) is 9.40 Å². The van der Waals surface area contributed by atoms with Gasteiger partial charge in [0, 0.05) is 30.7 Å². The van der Waals surface area contributed by atoms with Gasteiger partial charge >= 0.3 is 0 Å². The molecule has 28 heavy (non-hydrogen) atoms. The summed E-state index contributed by atoms with van der Waals surface area (Å²) in [6.45, 7) is 2.25. The third-order valence-corrected chi connectivity index (χ3v) is 5.48. The Hall–Kier alpha value is -3.61. The Kier molecular flexibility index (Phi) is 3.14. The number of anilines is 1. The van der Waals surface area contributed by atoms with Crippen LogP contribution < -0.4 is 4.90 Å². The lowest BCUT2D eigenvalue weighted by atomic mass is 10.0. The van der Waals surface area contributed by atoms with E-state index in [1.54, 1.807) is 6.33 Å². The fourth-order valence-corrected chi connectivity index (χ4v) is 3.92. The third kappa shape index (κ3) is 2.32. The molecular weight excluding hydrogens is 352 g/mol. The van der Waals surface area contributed by atoms with Gasteiger partial charge in [-0.3, -0.25) is 0 Å². The minimum Gasteiger partial charge on any atom is -0.423 e. The van der Waals surface area contributed by atoms with Crippen LogP contribution in [0.3, 0.4) is 0 Å². The summed E-state index contributed by atoms with van der Waals surface area (Å²) in [6, 6.07) is 15.5. The first-order valence-electron chi connectivity index (χ1n) is 9.32. The summed E-state index contributed by atoms with van der Waals surface area (Å²) in [7, 11) is 2.06. The van der Waals surface area contributed by atoms with Crippen molar-refractivity contribution >= 4 is 28.0 Å². The SMILES string of the molecule is Cn1ccc2cc(-c3ccc4oc(N5CCn6ncnc6C5)nc4c3)ccc21. The molecule has 0 unspecified atom stereocenters. The maximum Gasteiger partial charge on any atom is 0.298 e. The second-order valence-corrected chi connectivity index (χ2v) is 7.20. The Morgan fingerprint density at radius 1 is 1.00 bits per heavy atom. The lowest BCUT2D eigenvalue weighted by Crippen LogP contribution is -2.34. The van der Waals surface area contributed by atoms with E-state index in [-0.39, 0.29) is 0 Å². The van der Waals surface area contributed by atoms with Gasteiger partial charge in [-0.05, 0) is 41.5 Å². The Bertz CT molecular complexity index is 1330. The van der Waals surface area contributed by atoms with Gasteiger partial charge in [0.2, 0.25) is 0 Å². The van der Waals surface area contributed by atoms with Crippen molar-refractivity contribution in [2.45, 2.75) is 13.1 Å². The van der Waals surface area contributed by atoms with Gasteiger partial charge in [-0.1, -0.05) is 12.1 Å². The average Bonchev–Trinajstić information content (AvgIpc) is 3.44. The van der Waals surface area contributed by atoms with E-state index in [9.17, 15) is 0 Å². The number of nitrogens with zero attached hydrogens (tertiary/aromatic N) is 6. The highest BCUT2D eigenvalue weighted by Gasteiger charge is 2.22. The first-order valence-corrected chi connectivity index (χ1v) is 9.32. The fraction of sp³-hybridized carbons (Fsp3) is 0.190. The number of aryl methyl sites for hydroxylation is 1. The third-order valence-electron chi connectivity index (χ3n) is 5.48. The van der Waals surface area contributed by atoms with Gasteiger partial charge < -0.3 is 13.9 Å².